The Morgan fingerprint density at radius 3 is 2.83 bits per heavy atom. The van der Waals surface area contributed by atoms with Crippen molar-refractivity contribution in [1.29, 1.82) is 0 Å². The van der Waals surface area contributed by atoms with E-state index in [0.717, 1.165) is 0 Å². The third-order valence-electron chi connectivity index (χ3n) is 1.69. The molecule has 0 amide bonds. The van der Waals surface area contributed by atoms with Crippen LogP contribution >= 0.6 is 0 Å². The van der Waals surface area contributed by atoms with Crippen molar-refractivity contribution >= 4 is 0 Å². The van der Waals surface area contributed by atoms with Crippen LogP contribution < -0.4 is 5.73 Å². The van der Waals surface area contributed by atoms with Crippen molar-refractivity contribution in [2.45, 2.75) is 25.9 Å². The van der Waals surface area contributed by atoms with E-state index in [9.17, 15) is 0 Å². The number of aromatic nitrogens is 3. The predicted octanol–water partition coefficient (Wildman–Crippen LogP) is -0.149. The van der Waals surface area contributed by atoms with E-state index in [1.54, 1.807) is 6.33 Å². The Morgan fingerprint density at radius 1 is 1.67 bits per heavy atom. The van der Waals surface area contributed by atoms with Crippen LogP contribution in [0, 0.1) is 0 Å². The van der Waals surface area contributed by atoms with Gasteiger partial charge in [-0.1, -0.05) is 0 Å². The molecular formula is C7H14N4O. The summed E-state index contributed by atoms with van der Waals surface area (Å²) in [7, 11) is 0. The molecule has 1 heterocycles. The monoisotopic (exact) mass is 170 g/mol. The topological polar surface area (TPSA) is 77.0 Å². The lowest BCUT2D eigenvalue weighted by atomic mass is 10.3. The maximum Gasteiger partial charge on any atom is 0.152 e. The van der Waals surface area contributed by atoms with Crippen LogP contribution in [0.25, 0.3) is 0 Å². The van der Waals surface area contributed by atoms with Gasteiger partial charge in [0, 0.05) is 6.04 Å². The maximum atomic E-state index is 8.81. The minimum atomic E-state index is -0.435. The van der Waals surface area contributed by atoms with Gasteiger partial charge in [0.25, 0.3) is 0 Å². The van der Waals surface area contributed by atoms with Crippen molar-refractivity contribution in [2.75, 3.05) is 6.61 Å². The second kappa shape index (κ2) is 3.64. The second-order valence-corrected chi connectivity index (χ2v) is 2.98. The van der Waals surface area contributed by atoms with Crippen LogP contribution in [0.2, 0.25) is 0 Å². The highest BCUT2D eigenvalue weighted by atomic mass is 16.3. The fourth-order valence-electron chi connectivity index (χ4n) is 0.997. The van der Waals surface area contributed by atoms with Crippen LogP contribution in [0.5, 0.6) is 0 Å². The SMILES string of the molecule is CC(C)n1cnnc1C(N)CO. The zero-order valence-corrected chi connectivity index (χ0v) is 7.31. The Bertz CT molecular complexity index is 245. The van der Waals surface area contributed by atoms with Crippen molar-refractivity contribution in [3.63, 3.8) is 0 Å². The van der Waals surface area contributed by atoms with Gasteiger partial charge in [-0.2, -0.15) is 0 Å². The minimum absolute atomic E-state index is 0.106. The standard InChI is InChI=1S/C7H14N4O/c1-5(2)11-4-9-10-7(11)6(8)3-12/h4-6,12H,3,8H2,1-2H3. The second-order valence-electron chi connectivity index (χ2n) is 2.98. The van der Waals surface area contributed by atoms with Gasteiger partial charge in [-0.3, -0.25) is 0 Å². The number of aliphatic hydroxyl groups is 1. The molecule has 1 rings (SSSR count). The molecule has 0 radical (unpaired) electrons. The van der Waals surface area contributed by atoms with Gasteiger partial charge in [-0.05, 0) is 13.8 Å². The molecule has 0 aliphatic heterocycles. The van der Waals surface area contributed by atoms with Crippen molar-refractivity contribution in [3.05, 3.63) is 12.2 Å². The first-order valence-electron chi connectivity index (χ1n) is 3.92. The number of nitrogens with zero attached hydrogens (tertiary/aromatic N) is 3. The summed E-state index contributed by atoms with van der Waals surface area (Å²) in [6.07, 6.45) is 1.62. The fraction of sp³-hybridized carbons (Fsp3) is 0.714. The van der Waals surface area contributed by atoms with Crippen LogP contribution in [-0.2, 0) is 0 Å². The first-order valence-corrected chi connectivity index (χ1v) is 3.92. The van der Waals surface area contributed by atoms with E-state index < -0.39 is 6.04 Å². The summed E-state index contributed by atoms with van der Waals surface area (Å²) in [5, 5.41) is 16.4. The molecule has 1 aromatic heterocycles. The van der Waals surface area contributed by atoms with Crippen molar-refractivity contribution in [1.82, 2.24) is 14.8 Å². The van der Waals surface area contributed by atoms with Crippen molar-refractivity contribution < 1.29 is 5.11 Å². The molecule has 0 saturated heterocycles. The third kappa shape index (κ3) is 1.62. The highest BCUT2D eigenvalue weighted by Gasteiger charge is 2.13. The van der Waals surface area contributed by atoms with E-state index >= 15 is 0 Å². The smallest absolute Gasteiger partial charge is 0.152 e. The lowest BCUT2D eigenvalue weighted by molar-refractivity contribution is 0.259. The van der Waals surface area contributed by atoms with Gasteiger partial charge >= 0.3 is 0 Å². The molecular weight excluding hydrogens is 156 g/mol. The first kappa shape index (κ1) is 9.15. The largest absolute Gasteiger partial charge is 0.394 e. The highest BCUT2D eigenvalue weighted by molar-refractivity contribution is 4.94. The normalized spacial score (nSPS) is 13.8. The maximum absolute atomic E-state index is 8.81. The summed E-state index contributed by atoms with van der Waals surface area (Å²) in [5.74, 6) is 0.632. The number of nitrogens with two attached hydrogens (primary N) is 1. The van der Waals surface area contributed by atoms with Crippen LogP contribution in [0.3, 0.4) is 0 Å². The quantitative estimate of drug-likeness (QED) is 0.661. The highest BCUT2D eigenvalue weighted by Crippen LogP contribution is 2.11. The van der Waals surface area contributed by atoms with E-state index in [-0.39, 0.29) is 12.6 Å². The van der Waals surface area contributed by atoms with E-state index in [1.807, 2.05) is 18.4 Å². The Hall–Kier alpha value is -0.940. The van der Waals surface area contributed by atoms with Crippen LogP contribution in [0.15, 0.2) is 6.33 Å². The molecule has 0 fully saturated rings. The number of hydrogen-bond acceptors (Lipinski definition) is 4. The molecule has 0 bridgehead atoms. The lowest BCUT2D eigenvalue weighted by Gasteiger charge is -2.12. The first-order chi connectivity index (χ1) is 5.66. The van der Waals surface area contributed by atoms with Crippen LogP contribution in [0.4, 0.5) is 0 Å². The average Bonchev–Trinajstić information content (AvgIpc) is 2.50. The molecule has 1 aromatic rings. The molecule has 0 aromatic carbocycles. The number of rotatable bonds is 3. The van der Waals surface area contributed by atoms with E-state index in [2.05, 4.69) is 10.2 Å². The molecule has 1 unspecified atom stereocenters. The molecule has 1 atom stereocenters. The summed E-state index contributed by atoms with van der Waals surface area (Å²) in [6.45, 7) is 3.92. The molecule has 68 valence electrons. The zero-order valence-electron chi connectivity index (χ0n) is 7.31. The van der Waals surface area contributed by atoms with Gasteiger partial charge in [0.05, 0.1) is 12.6 Å². The Morgan fingerprint density at radius 2 is 2.33 bits per heavy atom. The van der Waals surface area contributed by atoms with Gasteiger partial charge < -0.3 is 15.4 Å². The number of hydrogen-bond donors (Lipinski definition) is 2. The Labute approximate surface area is 71.2 Å². The van der Waals surface area contributed by atoms with E-state index in [4.69, 9.17) is 10.8 Å². The zero-order chi connectivity index (χ0) is 9.14. The van der Waals surface area contributed by atoms with Crippen molar-refractivity contribution in [3.8, 4) is 0 Å². The van der Waals surface area contributed by atoms with Gasteiger partial charge in [-0.25, -0.2) is 0 Å². The predicted molar refractivity (Wildman–Crippen MR) is 44.4 cm³/mol. The molecule has 0 aliphatic rings. The van der Waals surface area contributed by atoms with Crippen LogP contribution in [-0.4, -0.2) is 26.5 Å². The summed E-state index contributed by atoms with van der Waals surface area (Å²) in [6, 6.07) is -0.164. The van der Waals surface area contributed by atoms with Gasteiger partial charge in [0.2, 0.25) is 0 Å². The number of aliphatic hydroxyl groups excluding tert-OH is 1. The van der Waals surface area contributed by atoms with E-state index in [1.165, 1.54) is 0 Å². The van der Waals surface area contributed by atoms with E-state index in [0.29, 0.717) is 5.82 Å². The molecule has 3 N–H and O–H groups in total. The van der Waals surface area contributed by atoms with Gasteiger partial charge in [0.15, 0.2) is 5.82 Å². The lowest BCUT2D eigenvalue weighted by Crippen LogP contribution is -2.20. The Balaban J connectivity index is 2.91. The summed E-state index contributed by atoms with van der Waals surface area (Å²) < 4.78 is 1.85. The summed E-state index contributed by atoms with van der Waals surface area (Å²) in [4.78, 5) is 0. The van der Waals surface area contributed by atoms with Crippen molar-refractivity contribution in [2.24, 2.45) is 5.73 Å². The minimum Gasteiger partial charge on any atom is -0.394 e. The molecule has 0 spiro atoms. The molecule has 5 nitrogen and oxygen atoms in total. The Kier molecular flexibility index (Phi) is 2.78. The van der Waals surface area contributed by atoms with Crippen LogP contribution in [0.1, 0.15) is 31.8 Å². The molecule has 0 saturated carbocycles. The molecule has 5 heteroatoms. The molecule has 12 heavy (non-hydrogen) atoms. The third-order valence-corrected chi connectivity index (χ3v) is 1.69. The van der Waals surface area contributed by atoms with Gasteiger partial charge in [0.1, 0.15) is 6.33 Å². The summed E-state index contributed by atoms with van der Waals surface area (Å²) >= 11 is 0. The summed E-state index contributed by atoms with van der Waals surface area (Å²) in [5.41, 5.74) is 5.60. The molecule has 0 aliphatic carbocycles. The fourth-order valence-corrected chi connectivity index (χ4v) is 0.997. The van der Waals surface area contributed by atoms with Gasteiger partial charge in [-0.15, -0.1) is 10.2 Å². The average molecular weight is 170 g/mol.